The third-order valence-electron chi connectivity index (χ3n) is 3.27. The molecule has 3 N–H and O–H groups in total. The zero-order valence-corrected chi connectivity index (χ0v) is 12.2. The van der Waals surface area contributed by atoms with Crippen LogP contribution < -0.4 is 5.32 Å². The van der Waals surface area contributed by atoms with E-state index in [4.69, 9.17) is 11.6 Å². The maximum Gasteiger partial charge on any atom is 0.119 e. The summed E-state index contributed by atoms with van der Waals surface area (Å²) < 4.78 is 0. The Hall–Kier alpha value is -1.71. The quantitative estimate of drug-likeness (QED) is 0.793. The molecule has 2 rings (SSSR count). The van der Waals surface area contributed by atoms with Crippen LogP contribution in [0.1, 0.15) is 37.1 Å². The van der Waals surface area contributed by atoms with Crippen molar-refractivity contribution in [3.63, 3.8) is 0 Å². The van der Waals surface area contributed by atoms with Crippen LogP contribution in [-0.2, 0) is 0 Å². The lowest BCUT2D eigenvalue weighted by Crippen LogP contribution is -2.22. The van der Waals surface area contributed by atoms with E-state index in [9.17, 15) is 10.2 Å². The van der Waals surface area contributed by atoms with Crippen LogP contribution >= 0.6 is 11.6 Å². The van der Waals surface area contributed by atoms with Crippen molar-refractivity contribution >= 4 is 11.6 Å². The minimum Gasteiger partial charge on any atom is -0.508 e. The molecule has 1 unspecified atom stereocenters. The van der Waals surface area contributed by atoms with Crippen LogP contribution in [0.4, 0.5) is 0 Å². The molecule has 2 aromatic carbocycles. The van der Waals surface area contributed by atoms with Crippen molar-refractivity contribution in [2.24, 2.45) is 0 Å². The summed E-state index contributed by atoms with van der Waals surface area (Å²) in [6.07, 6.45) is 0. The fourth-order valence-corrected chi connectivity index (χ4v) is 2.41. The molecule has 0 aliphatic carbocycles. The van der Waals surface area contributed by atoms with Gasteiger partial charge < -0.3 is 15.5 Å². The average Bonchev–Trinajstić information content (AvgIpc) is 2.37. The summed E-state index contributed by atoms with van der Waals surface area (Å²) in [5.41, 5.74) is 1.92. The monoisotopic (exact) mass is 291 g/mol. The largest absolute Gasteiger partial charge is 0.508 e. The molecule has 0 saturated heterocycles. The summed E-state index contributed by atoms with van der Waals surface area (Å²) in [5.74, 6) is 0.119. The third-order valence-corrected chi connectivity index (χ3v) is 3.51. The van der Waals surface area contributed by atoms with E-state index in [0.717, 1.165) is 11.1 Å². The van der Waals surface area contributed by atoms with Gasteiger partial charge in [0.05, 0.1) is 0 Å². The van der Waals surface area contributed by atoms with Gasteiger partial charge in [-0.3, -0.25) is 0 Å². The van der Waals surface area contributed by atoms with Gasteiger partial charge in [-0.05, 0) is 49.2 Å². The van der Waals surface area contributed by atoms with Crippen LogP contribution in [-0.4, -0.2) is 10.2 Å². The fraction of sp³-hybridized carbons (Fsp3) is 0.250. The van der Waals surface area contributed by atoms with Crippen molar-refractivity contribution < 1.29 is 10.2 Å². The number of hydrogen-bond donors (Lipinski definition) is 3. The molecule has 2 atom stereocenters. The van der Waals surface area contributed by atoms with Crippen molar-refractivity contribution in [3.8, 4) is 11.5 Å². The van der Waals surface area contributed by atoms with Crippen LogP contribution in [0, 0.1) is 0 Å². The second-order valence-electron chi connectivity index (χ2n) is 4.95. The van der Waals surface area contributed by atoms with Crippen LogP contribution in [0.5, 0.6) is 11.5 Å². The molecule has 0 amide bonds. The molecule has 0 aliphatic heterocycles. The van der Waals surface area contributed by atoms with Crippen LogP contribution in [0.2, 0.25) is 5.02 Å². The van der Waals surface area contributed by atoms with Gasteiger partial charge in [-0.1, -0.05) is 23.7 Å². The van der Waals surface area contributed by atoms with Crippen LogP contribution in [0.25, 0.3) is 0 Å². The molecule has 0 fully saturated rings. The van der Waals surface area contributed by atoms with E-state index < -0.39 is 0 Å². The lowest BCUT2D eigenvalue weighted by molar-refractivity contribution is 0.442. The average molecular weight is 292 g/mol. The summed E-state index contributed by atoms with van der Waals surface area (Å²) in [6, 6.07) is 12.4. The van der Waals surface area contributed by atoms with E-state index >= 15 is 0 Å². The highest BCUT2D eigenvalue weighted by Crippen LogP contribution is 2.27. The van der Waals surface area contributed by atoms with Gasteiger partial charge in [0.1, 0.15) is 11.5 Å². The highest BCUT2D eigenvalue weighted by molar-refractivity contribution is 6.30. The number of nitrogens with one attached hydrogen (secondary N) is 1. The molecule has 106 valence electrons. The predicted molar refractivity (Wildman–Crippen MR) is 81.2 cm³/mol. The summed E-state index contributed by atoms with van der Waals surface area (Å²) in [4.78, 5) is 0. The smallest absolute Gasteiger partial charge is 0.119 e. The van der Waals surface area contributed by atoms with Gasteiger partial charge >= 0.3 is 0 Å². The molecule has 0 aliphatic rings. The molecule has 0 aromatic heterocycles. The third kappa shape index (κ3) is 3.65. The van der Waals surface area contributed by atoms with E-state index in [1.54, 1.807) is 12.1 Å². The minimum atomic E-state index is -0.0121. The molecule has 20 heavy (non-hydrogen) atoms. The summed E-state index contributed by atoms with van der Waals surface area (Å²) in [7, 11) is 0. The molecular weight excluding hydrogens is 274 g/mol. The Balaban J connectivity index is 2.12. The van der Waals surface area contributed by atoms with Crippen molar-refractivity contribution in [2.45, 2.75) is 25.9 Å². The lowest BCUT2D eigenvalue weighted by atomic mass is 10.0. The molecule has 3 nitrogen and oxygen atoms in total. The van der Waals surface area contributed by atoms with E-state index in [1.165, 1.54) is 6.07 Å². The molecular formula is C16H18ClNO2. The van der Waals surface area contributed by atoms with Crippen LogP contribution in [0.15, 0.2) is 42.5 Å². The molecule has 0 spiro atoms. The molecule has 0 radical (unpaired) electrons. The zero-order valence-electron chi connectivity index (χ0n) is 11.5. The summed E-state index contributed by atoms with van der Waals surface area (Å²) in [6.45, 7) is 4.03. The zero-order chi connectivity index (χ0) is 14.7. The van der Waals surface area contributed by atoms with Gasteiger partial charge in [-0.2, -0.15) is 0 Å². The summed E-state index contributed by atoms with van der Waals surface area (Å²) in [5, 5.41) is 23.2. The first-order chi connectivity index (χ1) is 9.45. The molecule has 2 aromatic rings. The van der Waals surface area contributed by atoms with Crippen molar-refractivity contribution in [1.29, 1.82) is 0 Å². The van der Waals surface area contributed by atoms with Crippen LogP contribution in [0.3, 0.4) is 0 Å². The standard InChI is InChI=1S/C16H18ClNO2/c1-10(12-4-3-5-14(17)6-12)18-11(2)13-7-15(19)9-16(20)8-13/h3-11,18-20H,1-2H3/t10-,11?/m1/s1. The number of aromatic hydroxyl groups is 2. The van der Waals surface area contributed by atoms with Crippen molar-refractivity contribution in [1.82, 2.24) is 5.32 Å². The van der Waals surface area contributed by atoms with Gasteiger partial charge in [0.15, 0.2) is 0 Å². The Kier molecular flexibility index (Phi) is 4.53. The normalized spacial score (nSPS) is 13.9. The first kappa shape index (κ1) is 14.7. The number of phenolic OH excluding ortho intramolecular Hbond substituents is 2. The Morgan fingerprint density at radius 2 is 1.50 bits per heavy atom. The lowest BCUT2D eigenvalue weighted by Gasteiger charge is -2.21. The first-order valence-electron chi connectivity index (χ1n) is 6.50. The van der Waals surface area contributed by atoms with Gasteiger partial charge in [-0.15, -0.1) is 0 Å². The highest BCUT2D eigenvalue weighted by atomic mass is 35.5. The van der Waals surface area contributed by atoms with Crippen molar-refractivity contribution in [3.05, 3.63) is 58.6 Å². The minimum absolute atomic E-state index is 0.0121. The molecule has 0 bridgehead atoms. The fourth-order valence-electron chi connectivity index (χ4n) is 2.21. The maximum absolute atomic E-state index is 9.53. The predicted octanol–water partition coefficient (Wildman–Crippen LogP) is 4.16. The Morgan fingerprint density at radius 1 is 0.900 bits per heavy atom. The maximum atomic E-state index is 9.53. The Labute approximate surface area is 123 Å². The van der Waals surface area contributed by atoms with Crippen molar-refractivity contribution in [2.75, 3.05) is 0 Å². The second-order valence-corrected chi connectivity index (χ2v) is 5.38. The number of halogens is 1. The first-order valence-corrected chi connectivity index (χ1v) is 6.88. The van der Waals surface area contributed by atoms with Gasteiger partial charge in [0, 0.05) is 23.2 Å². The van der Waals surface area contributed by atoms with Gasteiger partial charge in [-0.25, -0.2) is 0 Å². The number of phenols is 2. The van der Waals surface area contributed by atoms with E-state index in [0.29, 0.717) is 5.02 Å². The Morgan fingerprint density at radius 3 is 2.10 bits per heavy atom. The van der Waals surface area contributed by atoms with E-state index in [-0.39, 0.29) is 23.6 Å². The SMILES string of the molecule is CC(N[C@H](C)c1cccc(Cl)c1)c1cc(O)cc(O)c1. The van der Waals surface area contributed by atoms with E-state index in [2.05, 4.69) is 5.32 Å². The van der Waals surface area contributed by atoms with Gasteiger partial charge in [0.2, 0.25) is 0 Å². The summed E-state index contributed by atoms with van der Waals surface area (Å²) >= 11 is 5.99. The molecule has 0 heterocycles. The van der Waals surface area contributed by atoms with E-state index in [1.807, 2.05) is 38.1 Å². The number of hydrogen-bond acceptors (Lipinski definition) is 3. The second kappa shape index (κ2) is 6.16. The molecule has 4 heteroatoms. The number of rotatable bonds is 4. The Bertz CT molecular complexity index is 581. The van der Waals surface area contributed by atoms with Gasteiger partial charge in [0.25, 0.3) is 0 Å². The molecule has 0 saturated carbocycles. The topological polar surface area (TPSA) is 52.5 Å². The highest BCUT2D eigenvalue weighted by Gasteiger charge is 2.12. The number of benzene rings is 2.